The maximum absolute atomic E-state index is 5.53. The van der Waals surface area contributed by atoms with E-state index in [1.54, 1.807) is 28.4 Å². The summed E-state index contributed by atoms with van der Waals surface area (Å²) >= 11 is 0. The SMILES string of the molecule is CN=C(NCc1ccc(OC)c(OC)c1OC)NCC(C)c1ccccc1.I. The number of benzene rings is 2. The van der Waals surface area contributed by atoms with Gasteiger partial charge in [-0.25, -0.2) is 0 Å². The van der Waals surface area contributed by atoms with Crippen LogP contribution in [-0.2, 0) is 6.54 Å². The first-order valence-corrected chi connectivity index (χ1v) is 8.91. The second-order valence-electron chi connectivity index (χ2n) is 6.11. The van der Waals surface area contributed by atoms with Crippen LogP contribution in [0.25, 0.3) is 0 Å². The number of hydrogen-bond donors (Lipinski definition) is 2. The van der Waals surface area contributed by atoms with Gasteiger partial charge in [0.05, 0.1) is 21.3 Å². The van der Waals surface area contributed by atoms with Crippen LogP contribution in [0.15, 0.2) is 47.5 Å². The van der Waals surface area contributed by atoms with Crippen LogP contribution in [-0.4, -0.2) is 40.9 Å². The van der Waals surface area contributed by atoms with Crippen molar-refractivity contribution in [2.45, 2.75) is 19.4 Å². The summed E-state index contributed by atoms with van der Waals surface area (Å²) in [5, 5.41) is 6.69. The van der Waals surface area contributed by atoms with Crippen LogP contribution in [0.4, 0.5) is 0 Å². The maximum atomic E-state index is 5.53. The molecule has 2 N–H and O–H groups in total. The molecule has 0 aromatic heterocycles. The average Bonchev–Trinajstić information content (AvgIpc) is 2.73. The Morgan fingerprint density at radius 2 is 1.61 bits per heavy atom. The molecule has 0 aliphatic rings. The molecule has 7 heteroatoms. The maximum Gasteiger partial charge on any atom is 0.203 e. The minimum Gasteiger partial charge on any atom is -0.493 e. The molecule has 0 radical (unpaired) electrons. The third-order valence-electron chi connectivity index (χ3n) is 4.40. The predicted molar refractivity (Wildman–Crippen MR) is 125 cm³/mol. The second kappa shape index (κ2) is 12.3. The Kier molecular flexibility index (Phi) is 10.5. The van der Waals surface area contributed by atoms with Gasteiger partial charge in [-0.15, -0.1) is 24.0 Å². The third-order valence-corrected chi connectivity index (χ3v) is 4.40. The van der Waals surface area contributed by atoms with E-state index in [2.05, 4.69) is 46.8 Å². The highest BCUT2D eigenvalue weighted by Gasteiger charge is 2.16. The number of rotatable bonds is 8. The summed E-state index contributed by atoms with van der Waals surface area (Å²) in [6, 6.07) is 14.2. The molecule has 6 nitrogen and oxygen atoms in total. The monoisotopic (exact) mass is 499 g/mol. The van der Waals surface area contributed by atoms with Crippen molar-refractivity contribution in [1.82, 2.24) is 10.6 Å². The van der Waals surface area contributed by atoms with Gasteiger partial charge in [0.25, 0.3) is 0 Å². The Hall–Kier alpha value is -2.16. The van der Waals surface area contributed by atoms with Crippen LogP contribution in [0.5, 0.6) is 17.2 Å². The summed E-state index contributed by atoms with van der Waals surface area (Å²) in [7, 11) is 6.59. The summed E-state index contributed by atoms with van der Waals surface area (Å²) in [6.45, 7) is 3.52. The summed E-state index contributed by atoms with van der Waals surface area (Å²) in [5.74, 6) is 2.98. The molecule has 0 saturated heterocycles. The highest BCUT2D eigenvalue weighted by molar-refractivity contribution is 14.0. The zero-order valence-electron chi connectivity index (χ0n) is 17.1. The van der Waals surface area contributed by atoms with E-state index >= 15 is 0 Å². The summed E-state index contributed by atoms with van der Waals surface area (Å²) < 4.78 is 16.3. The molecule has 0 bridgehead atoms. The molecule has 154 valence electrons. The lowest BCUT2D eigenvalue weighted by molar-refractivity contribution is 0.322. The molecule has 0 heterocycles. The first-order valence-electron chi connectivity index (χ1n) is 8.91. The molecule has 1 unspecified atom stereocenters. The van der Waals surface area contributed by atoms with Gasteiger partial charge in [0.15, 0.2) is 17.5 Å². The van der Waals surface area contributed by atoms with Crippen molar-refractivity contribution in [2.75, 3.05) is 34.9 Å². The molecule has 1 atom stereocenters. The van der Waals surface area contributed by atoms with Crippen LogP contribution in [0.1, 0.15) is 24.0 Å². The average molecular weight is 499 g/mol. The number of aliphatic imine (C=N–C) groups is 1. The Morgan fingerprint density at radius 3 is 2.18 bits per heavy atom. The molecule has 28 heavy (non-hydrogen) atoms. The van der Waals surface area contributed by atoms with E-state index in [-0.39, 0.29) is 24.0 Å². The third kappa shape index (κ3) is 6.19. The van der Waals surface area contributed by atoms with Crippen molar-refractivity contribution in [3.63, 3.8) is 0 Å². The highest BCUT2D eigenvalue weighted by atomic mass is 127. The van der Waals surface area contributed by atoms with Gasteiger partial charge in [-0.3, -0.25) is 4.99 Å². The molecule has 2 aromatic rings. The number of hydrogen-bond acceptors (Lipinski definition) is 4. The largest absolute Gasteiger partial charge is 0.493 e. The van der Waals surface area contributed by atoms with Crippen LogP contribution in [0.2, 0.25) is 0 Å². The molecular weight excluding hydrogens is 469 g/mol. The predicted octanol–water partition coefficient (Wildman–Crippen LogP) is 3.80. The lowest BCUT2D eigenvalue weighted by Gasteiger charge is -2.18. The van der Waals surface area contributed by atoms with Crippen molar-refractivity contribution in [1.29, 1.82) is 0 Å². The number of nitrogens with one attached hydrogen (secondary N) is 2. The van der Waals surface area contributed by atoms with Crippen molar-refractivity contribution < 1.29 is 14.2 Å². The normalized spacial score (nSPS) is 11.8. The molecular formula is C21H30IN3O3. The van der Waals surface area contributed by atoms with E-state index in [1.165, 1.54) is 5.56 Å². The number of halogens is 1. The topological polar surface area (TPSA) is 64.1 Å². The Morgan fingerprint density at radius 1 is 0.929 bits per heavy atom. The number of guanidine groups is 1. The van der Waals surface area contributed by atoms with Gasteiger partial charge in [0.2, 0.25) is 5.75 Å². The zero-order valence-corrected chi connectivity index (χ0v) is 19.4. The molecule has 0 spiro atoms. The number of ether oxygens (including phenoxy) is 3. The summed E-state index contributed by atoms with van der Waals surface area (Å²) in [4.78, 5) is 4.30. The van der Waals surface area contributed by atoms with E-state index in [0.29, 0.717) is 29.7 Å². The van der Waals surface area contributed by atoms with Crippen molar-refractivity contribution in [2.24, 2.45) is 4.99 Å². The molecule has 0 aliphatic carbocycles. The van der Waals surface area contributed by atoms with Crippen LogP contribution >= 0.6 is 24.0 Å². The van der Waals surface area contributed by atoms with Crippen molar-refractivity contribution >= 4 is 29.9 Å². The molecule has 0 saturated carbocycles. The zero-order chi connectivity index (χ0) is 19.6. The second-order valence-corrected chi connectivity index (χ2v) is 6.11. The fourth-order valence-corrected chi connectivity index (χ4v) is 2.85. The number of methoxy groups -OCH3 is 3. The molecule has 2 rings (SSSR count). The van der Waals surface area contributed by atoms with E-state index < -0.39 is 0 Å². The standard InChI is InChI=1S/C21H29N3O3.HI/c1-15(16-9-7-6-8-10-16)13-23-21(22-2)24-14-17-11-12-18(25-3)20(27-5)19(17)26-4;/h6-12,15H,13-14H2,1-5H3,(H2,22,23,24);1H. The Balaban J connectivity index is 0.00000392. The van der Waals surface area contributed by atoms with Gasteiger partial charge < -0.3 is 24.8 Å². The van der Waals surface area contributed by atoms with Crippen LogP contribution in [0, 0.1) is 0 Å². The van der Waals surface area contributed by atoms with E-state index in [9.17, 15) is 0 Å². The molecule has 0 amide bonds. The van der Waals surface area contributed by atoms with E-state index in [0.717, 1.165) is 18.1 Å². The van der Waals surface area contributed by atoms with Gasteiger partial charge >= 0.3 is 0 Å². The Bertz CT molecular complexity index is 754. The van der Waals surface area contributed by atoms with E-state index in [4.69, 9.17) is 14.2 Å². The van der Waals surface area contributed by atoms with Gasteiger partial charge in [0.1, 0.15) is 0 Å². The lowest BCUT2D eigenvalue weighted by atomic mass is 10.0. The van der Waals surface area contributed by atoms with Crippen LogP contribution in [0.3, 0.4) is 0 Å². The van der Waals surface area contributed by atoms with Crippen molar-refractivity contribution in [3.8, 4) is 17.2 Å². The highest BCUT2D eigenvalue weighted by Crippen LogP contribution is 2.39. The first-order chi connectivity index (χ1) is 13.1. The van der Waals surface area contributed by atoms with Gasteiger partial charge in [0, 0.05) is 25.7 Å². The van der Waals surface area contributed by atoms with Crippen LogP contribution < -0.4 is 24.8 Å². The van der Waals surface area contributed by atoms with Gasteiger partial charge in [-0.2, -0.15) is 0 Å². The summed E-state index contributed by atoms with van der Waals surface area (Å²) in [5.41, 5.74) is 2.25. The molecule has 2 aromatic carbocycles. The minimum absolute atomic E-state index is 0. The van der Waals surface area contributed by atoms with Crippen molar-refractivity contribution in [3.05, 3.63) is 53.6 Å². The fourth-order valence-electron chi connectivity index (χ4n) is 2.85. The minimum atomic E-state index is 0. The van der Waals surface area contributed by atoms with Gasteiger partial charge in [-0.1, -0.05) is 37.3 Å². The lowest BCUT2D eigenvalue weighted by Crippen LogP contribution is -2.38. The number of nitrogens with zero attached hydrogens (tertiary/aromatic N) is 1. The Labute approximate surface area is 184 Å². The molecule has 0 fully saturated rings. The quantitative estimate of drug-likeness (QED) is 0.329. The van der Waals surface area contributed by atoms with E-state index in [1.807, 2.05) is 18.2 Å². The summed E-state index contributed by atoms with van der Waals surface area (Å²) in [6.07, 6.45) is 0. The smallest absolute Gasteiger partial charge is 0.203 e. The first kappa shape index (κ1) is 23.9. The fraction of sp³-hybridized carbons (Fsp3) is 0.381. The van der Waals surface area contributed by atoms with Gasteiger partial charge in [-0.05, 0) is 23.6 Å². The molecule has 0 aliphatic heterocycles.